The molecule has 1 unspecified atom stereocenters. The number of benzene rings is 1. The Hall–Kier alpha value is -1.68. The second-order valence-corrected chi connectivity index (χ2v) is 5.79. The molecule has 108 valence electrons. The highest BCUT2D eigenvalue weighted by Gasteiger charge is 2.31. The summed E-state index contributed by atoms with van der Waals surface area (Å²) in [5.41, 5.74) is 2.41. The monoisotopic (exact) mass is 272 g/mol. The van der Waals surface area contributed by atoms with Gasteiger partial charge in [-0.25, -0.2) is 0 Å². The van der Waals surface area contributed by atoms with Crippen LogP contribution in [0.15, 0.2) is 36.5 Å². The van der Waals surface area contributed by atoms with Gasteiger partial charge in [-0.15, -0.1) is 5.10 Å². The lowest BCUT2D eigenvalue weighted by molar-refractivity contribution is 0.340. The molecule has 0 aliphatic heterocycles. The SMILES string of the molecule is CCNC(Cc1cn(C)nn1)C(C)(C)c1ccccc1. The molecule has 20 heavy (non-hydrogen) atoms. The van der Waals surface area contributed by atoms with Gasteiger partial charge in [0.05, 0.1) is 5.69 Å². The van der Waals surface area contributed by atoms with Crippen molar-refractivity contribution in [3.05, 3.63) is 47.8 Å². The molecule has 0 amide bonds. The van der Waals surface area contributed by atoms with E-state index in [0.29, 0.717) is 6.04 Å². The van der Waals surface area contributed by atoms with Crippen LogP contribution in [0.25, 0.3) is 0 Å². The van der Waals surface area contributed by atoms with Crippen LogP contribution < -0.4 is 5.32 Å². The minimum absolute atomic E-state index is 0.0365. The average molecular weight is 272 g/mol. The van der Waals surface area contributed by atoms with Crippen LogP contribution in [0.5, 0.6) is 0 Å². The first kappa shape index (κ1) is 14.7. The van der Waals surface area contributed by atoms with E-state index in [1.165, 1.54) is 5.56 Å². The maximum absolute atomic E-state index is 4.22. The van der Waals surface area contributed by atoms with Crippen molar-refractivity contribution in [2.24, 2.45) is 7.05 Å². The molecular weight excluding hydrogens is 248 g/mol. The van der Waals surface area contributed by atoms with E-state index in [0.717, 1.165) is 18.7 Å². The summed E-state index contributed by atoms with van der Waals surface area (Å²) in [7, 11) is 1.90. The molecule has 0 aliphatic carbocycles. The standard InChI is InChI=1S/C16H24N4/c1-5-17-15(11-14-12-20(4)19-18-14)16(2,3)13-9-7-6-8-10-13/h6-10,12,15,17H,5,11H2,1-4H3. The summed E-state index contributed by atoms with van der Waals surface area (Å²) in [5, 5.41) is 11.8. The summed E-state index contributed by atoms with van der Waals surface area (Å²) in [5.74, 6) is 0. The zero-order valence-corrected chi connectivity index (χ0v) is 12.8. The maximum Gasteiger partial charge on any atom is 0.0842 e. The highest BCUT2D eigenvalue weighted by Crippen LogP contribution is 2.28. The molecule has 4 heteroatoms. The molecule has 1 aromatic carbocycles. The highest BCUT2D eigenvalue weighted by atomic mass is 15.4. The van der Waals surface area contributed by atoms with E-state index in [9.17, 15) is 0 Å². The van der Waals surface area contributed by atoms with Gasteiger partial charge in [-0.1, -0.05) is 56.3 Å². The van der Waals surface area contributed by atoms with Crippen molar-refractivity contribution in [1.82, 2.24) is 20.3 Å². The Bertz CT molecular complexity index is 530. The number of aryl methyl sites for hydroxylation is 1. The molecule has 4 nitrogen and oxygen atoms in total. The van der Waals surface area contributed by atoms with Crippen LogP contribution in [-0.2, 0) is 18.9 Å². The van der Waals surface area contributed by atoms with E-state index >= 15 is 0 Å². The van der Waals surface area contributed by atoms with Crippen LogP contribution in [0.2, 0.25) is 0 Å². The van der Waals surface area contributed by atoms with Crippen LogP contribution in [0.3, 0.4) is 0 Å². The van der Waals surface area contributed by atoms with E-state index in [2.05, 4.69) is 66.7 Å². The minimum Gasteiger partial charge on any atom is -0.313 e. The fourth-order valence-corrected chi connectivity index (χ4v) is 2.60. The third kappa shape index (κ3) is 3.25. The van der Waals surface area contributed by atoms with Crippen LogP contribution in [0.1, 0.15) is 32.0 Å². The second kappa shape index (κ2) is 6.18. The molecule has 1 heterocycles. The fourth-order valence-electron chi connectivity index (χ4n) is 2.60. The number of aromatic nitrogens is 3. The first-order chi connectivity index (χ1) is 9.54. The average Bonchev–Trinajstić information content (AvgIpc) is 2.85. The zero-order valence-electron chi connectivity index (χ0n) is 12.8. The van der Waals surface area contributed by atoms with E-state index in [1.807, 2.05) is 13.2 Å². The van der Waals surface area contributed by atoms with E-state index in [4.69, 9.17) is 0 Å². The van der Waals surface area contributed by atoms with Gasteiger partial charge >= 0.3 is 0 Å². The summed E-state index contributed by atoms with van der Waals surface area (Å²) in [6, 6.07) is 11.0. The molecule has 0 aliphatic rings. The third-order valence-corrected chi connectivity index (χ3v) is 3.90. The van der Waals surface area contributed by atoms with Gasteiger partial charge in [0.15, 0.2) is 0 Å². The molecule has 0 bridgehead atoms. The van der Waals surface area contributed by atoms with Gasteiger partial charge < -0.3 is 5.32 Å². The number of nitrogens with zero attached hydrogens (tertiary/aromatic N) is 3. The summed E-state index contributed by atoms with van der Waals surface area (Å²) >= 11 is 0. The van der Waals surface area contributed by atoms with Gasteiger partial charge in [-0.3, -0.25) is 4.68 Å². The Morgan fingerprint density at radius 3 is 2.50 bits per heavy atom. The third-order valence-electron chi connectivity index (χ3n) is 3.90. The Balaban J connectivity index is 2.23. The number of hydrogen-bond acceptors (Lipinski definition) is 3. The number of hydrogen-bond donors (Lipinski definition) is 1. The number of likely N-dealkylation sites (N-methyl/N-ethyl adjacent to an activating group) is 1. The molecule has 0 spiro atoms. The smallest absolute Gasteiger partial charge is 0.0842 e. The van der Waals surface area contributed by atoms with Crippen molar-refractivity contribution in [1.29, 1.82) is 0 Å². The van der Waals surface area contributed by atoms with E-state index in [-0.39, 0.29) is 5.41 Å². The van der Waals surface area contributed by atoms with E-state index < -0.39 is 0 Å². The Labute approximate surface area is 121 Å². The van der Waals surface area contributed by atoms with Crippen molar-refractivity contribution < 1.29 is 0 Å². The molecule has 0 fully saturated rings. The summed E-state index contributed by atoms with van der Waals surface area (Å²) in [4.78, 5) is 0. The molecule has 0 radical (unpaired) electrons. The van der Waals surface area contributed by atoms with Crippen LogP contribution in [0.4, 0.5) is 0 Å². The van der Waals surface area contributed by atoms with Gasteiger partial charge in [0, 0.05) is 31.1 Å². The van der Waals surface area contributed by atoms with Crippen LogP contribution in [-0.4, -0.2) is 27.6 Å². The van der Waals surface area contributed by atoms with Crippen LogP contribution >= 0.6 is 0 Å². The Morgan fingerprint density at radius 1 is 1.25 bits per heavy atom. The predicted octanol–water partition coefficient (Wildman–Crippen LogP) is 2.31. The largest absolute Gasteiger partial charge is 0.313 e. The van der Waals surface area contributed by atoms with Gasteiger partial charge in [-0.2, -0.15) is 0 Å². The molecule has 1 aromatic heterocycles. The fraction of sp³-hybridized carbons (Fsp3) is 0.500. The van der Waals surface area contributed by atoms with Gasteiger partial charge in [0.2, 0.25) is 0 Å². The quantitative estimate of drug-likeness (QED) is 0.877. The Morgan fingerprint density at radius 2 is 1.95 bits per heavy atom. The molecular formula is C16H24N4. The van der Waals surface area contributed by atoms with Gasteiger partial charge in [0.25, 0.3) is 0 Å². The highest BCUT2D eigenvalue weighted by molar-refractivity contribution is 5.26. The summed E-state index contributed by atoms with van der Waals surface area (Å²) in [6.45, 7) is 7.66. The normalized spacial score (nSPS) is 13.4. The minimum atomic E-state index is 0.0365. The molecule has 1 atom stereocenters. The number of nitrogens with one attached hydrogen (secondary N) is 1. The molecule has 0 saturated carbocycles. The lowest BCUT2D eigenvalue weighted by Crippen LogP contribution is -2.46. The van der Waals surface area contributed by atoms with Crippen LogP contribution in [0, 0.1) is 0 Å². The van der Waals surface area contributed by atoms with Crippen molar-refractivity contribution in [3.63, 3.8) is 0 Å². The van der Waals surface area contributed by atoms with E-state index in [1.54, 1.807) is 4.68 Å². The lowest BCUT2D eigenvalue weighted by Gasteiger charge is -2.35. The summed E-state index contributed by atoms with van der Waals surface area (Å²) in [6.07, 6.45) is 2.87. The maximum atomic E-state index is 4.22. The van der Waals surface area contributed by atoms with Crippen molar-refractivity contribution in [2.45, 2.75) is 38.6 Å². The van der Waals surface area contributed by atoms with Gasteiger partial charge in [0.1, 0.15) is 0 Å². The molecule has 1 N–H and O–H groups in total. The molecule has 2 aromatic rings. The topological polar surface area (TPSA) is 42.7 Å². The van der Waals surface area contributed by atoms with Crippen molar-refractivity contribution >= 4 is 0 Å². The van der Waals surface area contributed by atoms with Gasteiger partial charge in [-0.05, 0) is 12.1 Å². The first-order valence-electron chi connectivity index (χ1n) is 7.18. The summed E-state index contributed by atoms with van der Waals surface area (Å²) < 4.78 is 1.76. The first-order valence-corrected chi connectivity index (χ1v) is 7.18. The predicted molar refractivity (Wildman–Crippen MR) is 81.6 cm³/mol. The van der Waals surface area contributed by atoms with Crippen molar-refractivity contribution in [2.75, 3.05) is 6.54 Å². The molecule has 0 saturated heterocycles. The number of rotatable bonds is 6. The second-order valence-electron chi connectivity index (χ2n) is 5.79. The Kier molecular flexibility index (Phi) is 4.55. The lowest BCUT2D eigenvalue weighted by atomic mass is 9.76. The molecule has 2 rings (SSSR count). The van der Waals surface area contributed by atoms with Crippen molar-refractivity contribution in [3.8, 4) is 0 Å². The zero-order chi connectivity index (χ0) is 14.6.